The Kier molecular flexibility index (Phi) is 10.6. The molecule has 0 aromatic heterocycles. The Labute approximate surface area is 275 Å². The van der Waals surface area contributed by atoms with Gasteiger partial charge in [0, 0.05) is 26.3 Å². The molecule has 0 aliphatic rings. The van der Waals surface area contributed by atoms with E-state index in [0.29, 0.717) is 11.3 Å². The van der Waals surface area contributed by atoms with Gasteiger partial charge < -0.3 is 16.0 Å². The van der Waals surface area contributed by atoms with Crippen LogP contribution in [0.4, 0.5) is 11.4 Å². The van der Waals surface area contributed by atoms with Crippen LogP contribution in [0.3, 0.4) is 0 Å². The van der Waals surface area contributed by atoms with Gasteiger partial charge in [-0.2, -0.15) is 0 Å². The average molecular weight is 677 g/mol. The Morgan fingerprint density at radius 1 is 0.711 bits per heavy atom. The lowest BCUT2D eigenvalue weighted by atomic mass is 10.1. The van der Waals surface area contributed by atoms with Gasteiger partial charge in [0.1, 0.15) is 10.9 Å². The van der Waals surface area contributed by atoms with Crippen molar-refractivity contribution in [3.05, 3.63) is 166 Å². The number of carbonyl (C=O) groups is 3. The predicted octanol–water partition coefficient (Wildman–Crippen LogP) is 8.64. The highest BCUT2D eigenvalue weighted by Crippen LogP contribution is 2.37. The van der Waals surface area contributed by atoms with Crippen molar-refractivity contribution in [1.29, 1.82) is 0 Å². The minimum Gasteiger partial charge on any atom is -0.325 e. The first-order chi connectivity index (χ1) is 21.9. The summed E-state index contributed by atoms with van der Waals surface area (Å²) >= 11 is 4.84. The lowest BCUT2D eigenvalue weighted by molar-refractivity contribution is -0.116. The van der Waals surface area contributed by atoms with Crippen LogP contribution in [0, 0.1) is 6.92 Å². The number of para-hydroxylation sites is 1. The molecular formula is C37H30BrN3O3S. The van der Waals surface area contributed by atoms with Crippen LogP contribution >= 0.6 is 27.7 Å². The third-order valence-electron chi connectivity index (χ3n) is 6.82. The van der Waals surface area contributed by atoms with Gasteiger partial charge in [0.2, 0.25) is 5.91 Å². The van der Waals surface area contributed by atoms with Crippen LogP contribution in [0.25, 0.3) is 6.08 Å². The number of amides is 3. The lowest BCUT2D eigenvalue weighted by Gasteiger charge is -2.18. The van der Waals surface area contributed by atoms with Crippen LogP contribution in [0.15, 0.2) is 149 Å². The zero-order valence-corrected chi connectivity index (χ0v) is 26.8. The Balaban J connectivity index is 1.32. The third-order valence-corrected chi connectivity index (χ3v) is 8.61. The fourth-order valence-corrected chi connectivity index (χ4v) is 5.72. The van der Waals surface area contributed by atoms with E-state index in [2.05, 4.69) is 31.9 Å². The molecule has 0 saturated heterocycles. The Morgan fingerprint density at radius 3 is 2.00 bits per heavy atom. The number of thioether (sulfide) groups is 1. The fourth-order valence-electron chi connectivity index (χ4n) is 4.43. The van der Waals surface area contributed by atoms with Crippen LogP contribution in [-0.4, -0.2) is 17.7 Å². The summed E-state index contributed by atoms with van der Waals surface area (Å²) in [6.07, 6.45) is 1.63. The Bertz CT molecular complexity index is 1810. The van der Waals surface area contributed by atoms with Gasteiger partial charge in [-0.3, -0.25) is 14.4 Å². The summed E-state index contributed by atoms with van der Waals surface area (Å²) in [5.74, 6) is -0.992. The maximum absolute atomic E-state index is 13.5. The molecule has 1 atom stereocenters. The molecule has 0 fully saturated rings. The molecule has 0 spiro atoms. The molecule has 0 aliphatic heterocycles. The largest absolute Gasteiger partial charge is 0.325 e. The molecule has 0 aliphatic carbocycles. The molecular weight excluding hydrogens is 646 g/mol. The highest BCUT2D eigenvalue weighted by Gasteiger charge is 2.23. The number of benzene rings is 5. The quantitative estimate of drug-likeness (QED) is 0.102. The number of rotatable bonds is 10. The molecule has 5 aromatic rings. The smallest absolute Gasteiger partial charge is 0.272 e. The minimum absolute atomic E-state index is 0.0987. The summed E-state index contributed by atoms with van der Waals surface area (Å²) in [5.41, 5.74) is 4.46. The first kappa shape index (κ1) is 31.5. The van der Waals surface area contributed by atoms with Gasteiger partial charge in [-0.05, 0) is 84.3 Å². The van der Waals surface area contributed by atoms with Gasteiger partial charge >= 0.3 is 0 Å². The second-order valence-corrected chi connectivity index (χ2v) is 12.2. The van der Waals surface area contributed by atoms with Gasteiger partial charge in [-0.1, -0.05) is 94.8 Å². The summed E-state index contributed by atoms with van der Waals surface area (Å²) in [7, 11) is 0. The molecule has 45 heavy (non-hydrogen) atoms. The van der Waals surface area contributed by atoms with E-state index in [1.54, 1.807) is 42.5 Å². The summed E-state index contributed by atoms with van der Waals surface area (Å²) in [6.45, 7) is 1.96. The van der Waals surface area contributed by atoms with Crippen molar-refractivity contribution < 1.29 is 14.4 Å². The zero-order chi connectivity index (χ0) is 31.6. The summed E-state index contributed by atoms with van der Waals surface area (Å²) in [4.78, 5) is 40.7. The molecule has 6 nitrogen and oxygen atoms in total. The molecule has 0 saturated carbocycles. The van der Waals surface area contributed by atoms with Crippen LogP contribution in [0.5, 0.6) is 0 Å². The molecule has 3 amide bonds. The van der Waals surface area contributed by atoms with Crippen molar-refractivity contribution in [2.75, 3.05) is 10.6 Å². The van der Waals surface area contributed by atoms with Crippen molar-refractivity contribution in [2.24, 2.45) is 0 Å². The Morgan fingerprint density at radius 2 is 1.33 bits per heavy atom. The van der Waals surface area contributed by atoms with E-state index < -0.39 is 17.1 Å². The molecule has 8 heteroatoms. The molecule has 224 valence electrons. The van der Waals surface area contributed by atoms with Crippen molar-refractivity contribution in [2.45, 2.75) is 17.1 Å². The van der Waals surface area contributed by atoms with Gasteiger partial charge in [-0.15, -0.1) is 11.8 Å². The highest BCUT2D eigenvalue weighted by molar-refractivity contribution is 9.10. The highest BCUT2D eigenvalue weighted by atomic mass is 79.9. The van der Waals surface area contributed by atoms with Gasteiger partial charge in [0.05, 0.1) is 0 Å². The van der Waals surface area contributed by atoms with Crippen molar-refractivity contribution >= 4 is 62.9 Å². The van der Waals surface area contributed by atoms with E-state index in [-0.39, 0.29) is 11.6 Å². The zero-order valence-electron chi connectivity index (χ0n) is 24.4. The van der Waals surface area contributed by atoms with E-state index in [4.69, 9.17) is 0 Å². The van der Waals surface area contributed by atoms with E-state index in [1.165, 1.54) is 11.8 Å². The molecule has 1 unspecified atom stereocenters. The molecule has 0 bridgehead atoms. The number of carbonyl (C=O) groups excluding carboxylic acids is 3. The number of aryl methyl sites for hydroxylation is 1. The first-order valence-electron chi connectivity index (χ1n) is 14.2. The molecule has 3 N–H and O–H groups in total. The van der Waals surface area contributed by atoms with Crippen molar-refractivity contribution in [3.63, 3.8) is 0 Å². The van der Waals surface area contributed by atoms with E-state index >= 15 is 0 Å². The number of halogens is 1. The van der Waals surface area contributed by atoms with E-state index in [9.17, 15) is 14.4 Å². The number of hydrogen-bond donors (Lipinski definition) is 3. The standard InChI is InChI=1S/C37H30BrN3O3S/c1-25-10-8-9-15-32(25)40-37(44)34(27-11-4-2-5-12-27)45-31-22-20-30(21-23-31)39-36(43)33(24-26-16-18-29(38)19-17-26)41-35(42)28-13-6-3-7-14-28/h2-24,34H,1H3,(H,39,43)(H,40,44)(H,41,42)/b33-24-. The summed E-state index contributed by atoms with van der Waals surface area (Å²) in [6, 6.07) is 40.7. The fraction of sp³-hybridized carbons (Fsp3) is 0.0541. The maximum atomic E-state index is 13.5. The number of anilines is 2. The molecule has 5 aromatic carbocycles. The third kappa shape index (κ3) is 8.81. The van der Waals surface area contributed by atoms with Gasteiger partial charge in [-0.25, -0.2) is 0 Å². The molecule has 0 heterocycles. The maximum Gasteiger partial charge on any atom is 0.272 e. The van der Waals surface area contributed by atoms with Crippen molar-refractivity contribution in [3.8, 4) is 0 Å². The van der Waals surface area contributed by atoms with Crippen molar-refractivity contribution in [1.82, 2.24) is 5.32 Å². The van der Waals surface area contributed by atoms with Crippen LogP contribution < -0.4 is 16.0 Å². The lowest BCUT2D eigenvalue weighted by Crippen LogP contribution is -2.30. The van der Waals surface area contributed by atoms with E-state index in [0.717, 1.165) is 31.7 Å². The predicted molar refractivity (Wildman–Crippen MR) is 186 cm³/mol. The normalized spacial score (nSPS) is 11.7. The average Bonchev–Trinajstić information content (AvgIpc) is 3.06. The van der Waals surface area contributed by atoms with Crippen LogP contribution in [0.1, 0.15) is 32.3 Å². The second kappa shape index (κ2) is 15.2. The summed E-state index contributed by atoms with van der Waals surface area (Å²) in [5, 5.41) is 8.21. The number of nitrogens with one attached hydrogen (secondary N) is 3. The monoisotopic (exact) mass is 675 g/mol. The Hall–Kier alpha value is -4.92. The SMILES string of the molecule is Cc1ccccc1NC(=O)C(Sc1ccc(NC(=O)/C(=C/c2ccc(Br)cc2)NC(=O)c2ccccc2)cc1)c1ccccc1. The number of hydrogen-bond acceptors (Lipinski definition) is 4. The topological polar surface area (TPSA) is 87.3 Å². The minimum atomic E-state index is -0.500. The van der Waals surface area contributed by atoms with Crippen LogP contribution in [-0.2, 0) is 9.59 Å². The second-order valence-electron chi connectivity index (χ2n) is 10.1. The van der Waals surface area contributed by atoms with Crippen LogP contribution in [0.2, 0.25) is 0 Å². The first-order valence-corrected chi connectivity index (χ1v) is 15.9. The molecule has 0 radical (unpaired) electrons. The molecule has 5 rings (SSSR count). The summed E-state index contributed by atoms with van der Waals surface area (Å²) < 4.78 is 0.902. The van der Waals surface area contributed by atoms with E-state index in [1.807, 2.05) is 104 Å². The van der Waals surface area contributed by atoms with Gasteiger partial charge in [0.25, 0.3) is 11.8 Å². The van der Waals surface area contributed by atoms with Gasteiger partial charge in [0.15, 0.2) is 0 Å².